The SMILES string of the molecule is CC(=O)c1c(C)[nH]c(C(=O)COc2ccccc2C)c1C. The van der Waals surface area contributed by atoms with Crippen molar-refractivity contribution in [2.75, 3.05) is 6.61 Å². The van der Waals surface area contributed by atoms with Crippen molar-refractivity contribution in [3.8, 4) is 5.75 Å². The number of aromatic amines is 1. The quantitative estimate of drug-likeness (QED) is 0.856. The Bertz CT molecular complexity index is 698. The van der Waals surface area contributed by atoms with Crippen LogP contribution in [0.15, 0.2) is 24.3 Å². The zero-order valence-electron chi connectivity index (χ0n) is 12.7. The van der Waals surface area contributed by atoms with Crippen LogP contribution >= 0.6 is 0 Å². The van der Waals surface area contributed by atoms with Crippen molar-refractivity contribution >= 4 is 11.6 Å². The van der Waals surface area contributed by atoms with E-state index in [1.165, 1.54) is 6.92 Å². The van der Waals surface area contributed by atoms with Crippen LogP contribution in [-0.2, 0) is 0 Å². The van der Waals surface area contributed by atoms with Crippen molar-refractivity contribution in [2.45, 2.75) is 27.7 Å². The zero-order valence-corrected chi connectivity index (χ0v) is 12.7. The number of aryl methyl sites for hydroxylation is 2. The van der Waals surface area contributed by atoms with Gasteiger partial charge in [-0.05, 0) is 44.9 Å². The van der Waals surface area contributed by atoms with Crippen LogP contribution in [0.2, 0.25) is 0 Å². The molecule has 110 valence electrons. The molecule has 0 saturated carbocycles. The molecule has 1 aromatic carbocycles. The summed E-state index contributed by atoms with van der Waals surface area (Å²) in [5.41, 5.74) is 3.44. The Morgan fingerprint density at radius 1 is 1.14 bits per heavy atom. The Kier molecular flexibility index (Phi) is 4.26. The van der Waals surface area contributed by atoms with Gasteiger partial charge in [-0.25, -0.2) is 0 Å². The van der Waals surface area contributed by atoms with E-state index in [9.17, 15) is 9.59 Å². The van der Waals surface area contributed by atoms with E-state index < -0.39 is 0 Å². The number of carbonyl (C=O) groups is 2. The summed E-state index contributed by atoms with van der Waals surface area (Å²) in [6.07, 6.45) is 0. The summed E-state index contributed by atoms with van der Waals surface area (Å²) in [6, 6.07) is 7.54. The molecule has 0 fully saturated rings. The fourth-order valence-electron chi connectivity index (χ4n) is 2.49. The first-order valence-corrected chi connectivity index (χ1v) is 6.83. The molecule has 4 nitrogen and oxygen atoms in total. The van der Waals surface area contributed by atoms with E-state index in [4.69, 9.17) is 4.74 Å². The summed E-state index contributed by atoms with van der Waals surface area (Å²) >= 11 is 0. The average Bonchev–Trinajstić information content (AvgIpc) is 2.73. The van der Waals surface area contributed by atoms with E-state index in [0.717, 1.165) is 11.3 Å². The Morgan fingerprint density at radius 2 is 1.81 bits per heavy atom. The number of Topliss-reactive ketones (excluding diaryl/α,β-unsaturated/α-hetero) is 2. The number of nitrogens with one attached hydrogen (secondary N) is 1. The maximum Gasteiger partial charge on any atom is 0.216 e. The first-order chi connectivity index (χ1) is 9.91. The fraction of sp³-hybridized carbons (Fsp3) is 0.294. The number of rotatable bonds is 5. The molecule has 0 unspecified atom stereocenters. The van der Waals surface area contributed by atoms with E-state index in [1.54, 1.807) is 13.8 Å². The zero-order chi connectivity index (χ0) is 15.6. The minimum absolute atomic E-state index is 0.0416. The molecule has 21 heavy (non-hydrogen) atoms. The van der Waals surface area contributed by atoms with Gasteiger partial charge in [0.15, 0.2) is 12.4 Å². The predicted molar refractivity (Wildman–Crippen MR) is 81.3 cm³/mol. The normalized spacial score (nSPS) is 10.5. The number of hydrogen-bond donors (Lipinski definition) is 1. The van der Waals surface area contributed by atoms with Crippen LogP contribution in [-0.4, -0.2) is 23.2 Å². The highest BCUT2D eigenvalue weighted by atomic mass is 16.5. The molecular formula is C17H19NO3. The van der Waals surface area contributed by atoms with Crippen molar-refractivity contribution in [3.05, 3.63) is 52.3 Å². The number of carbonyl (C=O) groups excluding carboxylic acids is 2. The van der Waals surface area contributed by atoms with Crippen LogP contribution in [0.25, 0.3) is 0 Å². The van der Waals surface area contributed by atoms with Gasteiger partial charge in [0.25, 0.3) is 0 Å². The number of H-pyrrole nitrogens is 1. The van der Waals surface area contributed by atoms with Gasteiger partial charge < -0.3 is 9.72 Å². The molecule has 0 bridgehead atoms. The van der Waals surface area contributed by atoms with Crippen LogP contribution < -0.4 is 4.74 Å². The van der Waals surface area contributed by atoms with Crippen LogP contribution in [0.5, 0.6) is 5.75 Å². The summed E-state index contributed by atoms with van der Waals surface area (Å²) in [5.74, 6) is 0.491. The van der Waals surface area contributed by atoms with Gasteiger partial charge in [0.1, 0.15) is 5.75 Å². The molecule has 0 radical (unpaired) electrons. The van der Waals surface area contributed by atoms with Gasteiger partial charge in [0.2, 0.25) is 5.78 Å². The van der Waals surface area contributed by atoms with Crippen LogP contribution in [0, 0.1) is 20.8 Å². The second-order valence-corrected chi connectivity index (χ2v) is 5.16. The van der Waals surface area contributed by atoms with Gasteiger partial charge in [-0.15, -0.1) is 0 Å². The lowest BCUT2D eigenvalue weighted by Gasteiger charge is -2.08. The third-order valence-electron chi connectivity index (χ3n) is 3.52. The molecule has 0 saturated heterocycles. The summed E-state index contributed by atoms with van der Waals surface area (Å²) in [6.45, 7) is 6.95. The van der Waals surface area contributed by atoms with Gasteiger partial charge in [-0.1, -0.05) is 18.2 Å². The first-order valence-electron chi connectivity index (χ1n) is 6.83. The lowest BCUT2D eigenvalue weighted by Crippen LogP contribution is -2.13. The third-order valence-corrected chi connectivity index (χ3v) is 3.52. The minimum atomic E-state index is -0.161. The molecule has 0 atom stereocenters. The molecule has 0 amide bonds. The molecule has 1 heterocycles. The Hall–Kier alpha value is -2.36. The molecule has 0 aliphatic carbocycles. The molecular weight excluding hydrogens is 266 g/mol. The predicted octanol–water partition coefficient (Wildman–Crippen LogP) is 3.40. The lowest BCUT2D eigenvalue weighted by molar-refractivity contribution is 0.0916. The molecule has 1 N–H and O–H groups in total. The van der Waals surface area contributed by atoms with E-state index >= 15 is 0 Å². The van der Waals surface area contributed by atoms with Crippen molar-refractivity contribution in [2.24, 2.45) is 0 Å². The number of ether oxygens (including phenoxy) is 1. The van der Waals surface area contributed by atoms with Crippen molar-refractivity contribution in [3.63, 3.8) is 0 Å². The Morgan fingerprint density at radius 3 is 2.38 bits per heavy atom. The number of para-hydroxylation sites is 1. The topological polar surface area (TPSA) is 59.2 Å². The fourth-order valence-corrected chi connectivity index (χ4v) is 2.49. The second-order valence-electron chi connectivity index (χ2n) is 5.16. The molecule has 2 rings (SSSR count). The highest BCUT2D eigenvalue weighted by Gasteiger charge is 2.20. The summed E-state index contributed by atoms with van der Waals surface area (Å²) in [5, 5.41) is 0. The maximum absolute atomic E-state index is 12.3. The van der Waals surface area contributed by atoms with Gasteiger partial charge in [0.05, 0.1) is 5.69 Å². The highest BCUT2D eigenvalue weighted by Crippen LogP contribution is 2.20. The largest absolute Gasteiger partial charge is 0.485 e. The smallest absolute Gasteiger partial charge is 0.216 e. The van der Waals surface area contributed by atoms with Gasteiger partial charge in [-0.3, -0.25) is 9.59 Å². The van der Waals surface area contributed by atoms with Crippen molar-refractivity contribution < 1.29 is 14.3 Å². The second kappa shape index (κ2) is 5.95. The summed E-state index contributed by atoms with van der Waals surface area (Å²) in [7, 11) is 0. The molecule has 0 aliphatic heterocycles. The molecule has 1 aromatic heterocycles. The number of aromatic nitrogens is 1. The molecule has 0 spiro atoms. The van der Waals surface area contributed by atoms with Crippen LogP contribution in [0.4, 0.5) is 0 Å². The van der Waals surface area contributed by atoms with Crippen LogP contribution in [0.3, 0.4) is 0 Å². The first kappa shape index (κ1) is 15.0. The minimum Gasteiger partial charge on any atom is -0.485 e. The Balaban J connectivity index is 2.17. The number of ketones is 2. The van der Waals surface area contributed by atoms with E-state index in [-0.39, 0.29) is 18.2 Å². The lowest BCUT2D eigenvalue weighted by atomic mass is 10.1. The van der Waals surface area contributed by atoms with Gasteiger partial charge >= 0.3 is 0 Å². The van der Waals surface area contributed by atoms with Gasteiger partial charge in [-0.2, -0.15) is 0 Å². The number of benzene rings is 1. The highest BCUT2D eigenvalue weighted by molar-refractivity contribution is 6.03. The standard InChI is InChI=1S/C17H19NO3/c1-10-7-5-6-8-15(10)21-9-14(20)17-11(2)16(13(4)19)12(3)18-17/h5-8,18H,9H2,1-4H3. The van der Waals surface area contributed by atoms with Crippen molar-refractivity contribution in [1.29, 1.82) is 0 Å². The summed E-state index contributed by atoms with van der Waals surface area (Å²) < 4.78 is 5.56. The third kappa shape index (κ3) is 3.05. The van der Waals surface area contributed by atoms with Gasteiger partial charge in [0, 0.05) is 11.3 Å². The van der Waals surface area contributed by atoms with Crippen LogP contribution in [0.1, 0.15) is 44.6 Å². The molecule has 4 heteroatoms. The van der Waals surface area contributed by atoms with E-state index in [1.807, 2.05) is 31.2 Å². The van der Waals surface area contributed by atoms with E-state index in [2.05, 4.69) is 4.98 Å². The average molecular weight is 285 g/mol. The molecule has 2 aromatic rings. The Labute approximate surface area is 124 Å². The van der Waals surface area contributed by atoms with E-state index in [0.29, 0.717) is 22.6 Å². The molecule has 0 aliphatic rings. The monoisotopic (exact) mass is 285 g/mol. The van der Waals surface area contributed by atoms with Crippen molar-refractivity contribution in [1.82, 2.24) is 4.98 Å². The summed E-state index contributed by atoms with van der Waals surface area (Å²) in [4.78, 5) is 26.8. The maximum atomic E-state index is 12.3. The number of hydrogen-bond acceptors (Lipinski definition) is 3.